The van der Waals surface area contributed by atoms with E-state index < -0.39 is 0 Å². The number of halogens is 1. The van der Waals surface area contributed by atoms with Gasteiger partial charge in [-0.25, -0.2) is 0 Å². The lowest BCUT2D eigenvalue weighted by Crippen LogP contribution is -2.49. The third-order valence-electron chi connectivity index (χ3n) is 3.63. The van der Waals surface area contributed by atoms with E-state index in [-0.39, 0.29) is 17.7 Å². The number of hydrogen-bond donors (Lipinski definition) is 2. The van der Waals surface area contributed by atoms with E-state index in [0.29, 0.717) is 5.56 Å². The van der Waals surface area contributed by atoms with E-state index in [1.54, 1.807) is 18.2 Å². The van der Waals surface area contributed by atoms with Crippen molar-refractivity contribution in [3.8, 4) is 5.75 Å². The van der Waals surface area contributed by atoms with E-state index in [1.165, 1.54) is 0 Å². The third-order valence-corrected chi connectivity index (χ3v) is 4.54. The second-order valence-corrected chi connectivity index (χ2v) is 6.33. The Labute approximate surface area is 133 Å². The zero-order valence-electron chi connectivity index (χ0n) is 11.7. The van der Waals surface area contributed by atoms with Crippen molar-refractivity contribution < 1.29 is 9.90 Å². The number of phenols is 1. The van der Waals surface area contributed by atoms with Crippen LogP contribution in [0.2, 0.25) is 0 Å². The Balaban J connectivity index is 2.18. The molecule has 0 radical (unpaired) electrons. The van der Waals surface area contributed by atoms with Crippen molar-refractivity contribution in [2.75, 3.05) is 19.6 Å². The molecule has 1 unspecified atom stereocenters. The van der Waals surface area contributed by atoms with Crippen molar-refractivity contribution in [2.24, 2.45) is 0 Å². The predicted molar refractivity (Wildman–Crippen MR) is 88.0 cm³/mol. The molecule has 1 fully saturated rings. The monoisotopic (exact) mass is 388 g/mol. The number of nitrogens with zero attached hydrogens (tertiary/aromatic N) is 1. The van der Waals surface area contributed by atoms with E-state index in [2.05, 4.69) is 34.8 Å². The number of rotatable bonds is 4. The van der Waals surface area contributed by atoms with Gasteiger partial charge in [0.15, 0.2) is 0 Å². The predicted octanol–water partition coefficient (Wildman–Crippen LogP) is 2.60. The second-order valence-electron chi connectivity index (χ2n) is 5.16. The highest BCUT2D eigenvalue weighted by Crippen LogP contribution is 2.22. The van der Waals surface area contributed by atoms with Gasteiger partial charge in [-0.05, 0) is 66.6 Å². The Kier molecular flexibility index (Phi) is 5.65. The van der Waals surface area contributed by atoms with Crippen LogP contribution in [-0.4, -0.2) is 41.6 Å². The summed E-state index contributed by atoms with van der Waals surface area (Å²) in [7, 11) is 0. The lowest BCUT2D eigenvalue weighted by Gasteiger charge is -2.34. The van der Waals surface area contributed by atoms with E-state index in [4.69, 9.17) is 0 Å². The molecule has 1 aromatic rings. The molecule has 20 heavy (non-hydrogen) atoms. The molecule has 2 N–H and O–H groups in total. The number of piperidine rings is 1. The third kappa shape index (κ3) is 3.63. The van der Waals surface area contributed by atoms with Gasteiger partial charge in [0.05, 0.1) is 3.57 Å². The lowest BCUT2D eigenvalue weighted by atomic mass is 10.0. The van der Waals surface area contributed by atoms with Crippen LogP contribution in [0, 0.1) is 3.57 Å². The summed E-state index contributed by atoms with van der Waals surface area (Å²) < 4.78 is 0.764. The summed E-state index contributed by atoms with van der Waals surface area (Å²) in [6, 6.07) is 5.41. The fraction of sp³-hybridized carbons (Fsp3) is 0.533. The first-order valence-electron chi connectivity index (χ1n) is 7.13. The fourth-order valence-electron chi connectivity index (χ4n) is 2.60. The molecule has 110 valence electrons. The molecule has 1 aliphatic rings. The van der Waals surface area contributed by atoms with Gasteiger partial charge in [0.2, 0.25) is 0 Å². The number of nitrogens with one attached hydrogen (secondary N) is 1. The molecule has 1 amide bonds. The number of aromatic hydroxyl groups is 1. The van der Waals surface area contributed by atoms with Crippen molar-refractivity contribution in [3.63, 3.8) is 0 Å². The molecule has 1 heterocycles. The highest BCUT2D eigenvalue weighted by molar-refractivity contribution is 14.1. The highest BCUT2D eigenvalue weighted by atomic mass is 127. The molecule has 0 spiro atoms. The maximum atomic E-state index is 12.7. The molecule has 1 saturated heterocycles. The molecule has 0 aromatic heterocycles. The van der Waals surface area contributed by atoms with Crippen LogP contribution < -0.4 is 5.32 Å². The van der Waals surface area contributed by atoms with Crippen molar-refractivity contribution in [3.05, 3.63) is 27.3 Å². The first-order chi connectivity index (χ1) is 9.63. The summed E-state index contributed by atoms with van der Waals surface area (Å²) in [5.74, 6) is 0.196. The number of hydrogen-bond acceptors (Lipinski definition) is 3. The fourth-order valence-corrected chi connectivity index (χ4v) is 2.94. The zero-order chi connectivity index (χ0) is 14.5. The number of phenolic OH excluding ortho intramolecular Hbond substituents is 1. The van der Waals surface area contributed by atoms with Crippen LogP contribution in [-0.2, 0) is 0 Å². The van der Waals surface area contributed by atoms with Crippen molar-refractivity contribution in [1.29, 1.82) is 0 Å². The van der Waals surface area contributed by atoms with Gasteiger partial charge < -0.3 is 15.3 Å². The summed E-state index contributed by atoms with van der Waals surface area (Å²) in [5.41, 5.74) is 0.571. The maximum absolute atomic E-state index is 12.7. The molecule has 2 rings (SSSR count). The minimum atomic E-state index is 0.0206. The lowest BCUT2D eigenvalue weighted by molar-refractivity contribution is 0.0648. The summed E-state index contributed by atoms with van der Waals surface area (Å²) >= 11 is 2.06. The van der Waals surface area contributed by atoms with Gasteiger partial charge in [-0.15, -0.1) is 0 Å². The molecular weight excluding hydrogens is 367 g/mol. The van der Waals surface area contributed by atoms with Crippen LogP contribution in [0.4, 0.5) is 0 Å². The number of carbonyl (C=O) groups excluding carboxylic acids is 1. The smallest absolute Gasteiger partial charge is 0.254 e. The van der Waals surface area contributed by atoms with Crippen molar-refractivity contribution in [2.45, 2.75) is 32.2 Å². The van der Waals surface area contributed by atoms with Crippen LogP contribution in [0.25, 0.3) is 0 Å². The summed E-state index contributed by atoms with van der Waals surface area (Å²) in [6.45, 7) is 4.75. The van der Waals surface area contributed by atoms with Crippen LogP contribution in [0.1, 0.15) is 36.5 Å². The number of benzene rings is 1. The van der Waals surface area contributed by atoms with E-state index >= 15 is 0 Å². The molecule has 0 bridgehead atoms. The Hall–Kier alpha value is -0.820. The SMILES string of the molecule is CCCN(C(=O)c1ccc(I)c(O)c1)C1CCCNC1. The van der Waals surface area contributed by atoms with Crippen LogP contribution in [0.5, 0.6) is 5.75 Å². The molecule has 1 aromatic carbocycles. The zero-order valence-corrected chi connectivity index (χ0v) is 13.9. The minimum Gasteiger partial charge on any atom is -0.507 e. The normalized spacial score (nSPS) is 18.8. The first kappa shape index (κ1) is 15.6. The van der Waals surface area contributed by atoms with E-state index in [9.17, 15) is 9.90 Å². The average molecular weight is 388 g/mol. The molecule has 4 nitrogen and oxygen atoms in total. The topological polar surface area (TPSA) is 52.6 Å². The standard InChI is InChI=1S/C15H21IN2O2/c1-2-8-18(12-4-3-7-17-10-12)15(20)11-5-6-13(16)14(19)9-11/h5-6,9,12,17,19H,2-4,7-8,10H2,1H3. The molecular formula is C15H21IN2O2. The van der Waals surface area contributed by atoms with Gasteiger partial charge in [0.1, 0.15) is 5.75 Å². The molecule has 5 heteroatoms. The highest BCUT2D eigenvalue weighted by Gasteiger charge is 2.25. The van der Waals surface area contributed by atoms with Crippen LogP contribution >= 0.6 is 22.6 Å². The van der Waals surface area contributed by atoms with E-state index in [1.807, 2.05) is 4.90 Å². The Morgan fingerprint density at radius 3 is 2.95 bits per heavy atom. The van der Waals surface area contributed by atoms with Crippen LogP contribution in [0.3, 0.4) is 0 Å². The summed E-state index contributed by atoms with van der Waals surface area (Å²) in [5, 5.41) is 13.1. The first-order valence-corrected chi connectivity index (χ1v) is 8.21. The average Bonchev–Trinajstić information content (AvgIpc) is 2.48. The molecule has 0 saturated carbocycles. The Morgan fingerprint density at radius 1 is 1.55 bits per heavy atom. The van der Waals surface area contributed by atoms with Gasteiger partial charge in [0, 0.05) is 24.7 Å². The second kappa shape index (κ2) is 7.26. The van der Waals surface area contributed by atoms with E-state index in [0.717, 1.165) is 42.5 Å². The maximum Gasteiger partial charge on any atom is 0.254 e. The van der Waals surface area contributed by atoms with Gasteiger partial charge in [-0.2, -0.15) is 0 Å². The molecule has 0 aliphatic carbocycles. The van der Waals surface area contributed by atoms with Gasteiger partial charge in [0.25, 0.3) is 5.91 Å². The van der Waals surface area contributed by atoms with Crippen LogP contribution in [0.15, 0.2) is 18.2 Å². The molecule has 1 aliphatic heterocycles. The number of amides is 1. The van der Waals surface area contributed by atoms with Gasteiger partial charge in [-0.3, -0.25) is 4.79 Å². The minimum absolute atomic E-state index is 0.0206. The van der Waals surface area contributed by atoms with Crippen molar-refractivity contribution >= 4 is 28.5 Å². The quantitative estimate of drug-likeness (QED) is 0.780. The Bertz CT molecular complexity index is 473. The van der Waals surface area contributed by atoms with Gasteiger partial charge in [-0.1, -0.05) is 6.92 Å². The van der Waals surface area contributed by atoms with Crippen molar-refractivity contribution in [1.82, 2.24) is 10.2 Å². The molecule has 1 atom stereocenters. The summed E-state index contributed by atoms with van der Waals surface area (Å²) in [4.78, 5) is 14.6. The number of carbonyl (C=O) groups is 1. The largest absolute Gasteiger partial charge is 0.507 e. The van der Waals surface area contributed by atoms with Gasteiger partial charge >= 0.3 is 0 Å². The summed E-state index contributed by atoms with van der Waals surface area (Å²) in [6.07, 6.45) is 3.10. The Morgan fingerprint density at radius 2 is 2.35 bits per heavy atom.